The van der Waals surface area contributed by atoms with Crippen molar-refractivity contribution in [2.75, 3.05) is 19.6 Å². The molecule has 2 heteroatoms. The molecule has 0 saturated carbocycles. The minimum absolute atomic E-state index is 0.0272. The molecule has 1 fully saturated rings. The van der Waals surface area contributed by atoms with Crippen LogP contribution in [0.1, 0.15) is 33.6 Å². The van der Waals surface area contributed by atoms with Crippen LogP contribution in [0.5, 0.6) is 0 Å². The lowest BCUT2D eigenvalue weighted by atomic mass is 9.97. The Morgan fingerprint density at radius 3 is 2.25 bits per heavy atom. The van der Waals surface area contributed by atoms with E-state index in [1.165, 1.54) is 25.9 Å². The summed E-state index contributed by atoms with van der Waals surface area (Å²) in [5.74, 6) is 0.919. The van der Waals surface area contributed by atoms with Gasteiger partial charge in [-0.25, -0.2) is 0 Å². The van der Waals surface area contributed by atoms with Crippen molar-refractivity contribution >= 4 is 0 Å². The van der Waals surface area contributed by atoms with Gasteiger partial charge in [0.25, 0.3) is 0 Å². The van der Waals surface area contributed by atoms with Crippen LogP contribution in [0.2, 0.25) is 0 Å². The molecule has 1 saturated heterocycles. The third-order valence-corrected chi connectivity index (χ3v) is 2.51. The Hall–Kier alpha value is -0.0800. The van der Waals surface area contributed by atoms with Crippen LogP contribution in [0, 0.1) is 5.92 Å². The van der Waals surface area contributed by atoms with Crippen molar-refractivity contribution in [3.63, 3.8) is 0 Å². The quantitative estimate of drug-likeness (QED) is 0.680. The average molecular weight is 170 g/mol. The lowest BCUT2D eigenvalue weighted by Crippen LogP contribution is -2.47. The fourth-order valence-corrected chi connectivity index (χ4v) is 1.80. The normalized spacial score (nSPS) is 23.0. The van der Waals surface area contributed by atoms with Crippen LogP contribution in [0.3, 0.4) is 0 Å². The summed E-state index contributed by atoms with van der Waals surface area (Å²) in [6.45, 7) is 10.1. The van der Waals surface area contributed by atoms with Crippen LogP contribution >= 0.6 is 0 Å². The molecule has 0 atom stereocenters. The van der Waals surface area contributed by atoms with Crippen molar-refractivity contribution in [3.05, 3.63) is 0 Å². The van der Waals surface area contributed by atoms with Crippen LogP contribution in [-0.2, 0) is 0 Å². The fraction of sp³-hybridized carbons (Fsp3) is 1.00. The van der Waals surface area contributed by atoms with Gasteiger partial charge in [0.2, 0.25) is 0 Å². The molecule has 2 N–H and O–H groups in total. The zero-order valence-electron chi connectivity index (χ0n) is 8.64. The van der Waals surface area contributed by atoms with Gasteiger partial charge in [0.1, 0.15) is 0 Å². The molecule has 0 bridgehead atoms. The van der Waals surface area contributed by atoms with E-state index in [4.69, 9.17) is 5.73 Å². The molecule has 0 radical (unpaired) electrons. The lowest BCUT2D eigenvalue weighted by molar-refractivity contribution is 0.164. The summed E-state index contributed by atoms with van der Waals surface area (Å²) in [4.78, 5) is 2.49. The minimum Gasteiger partial charge on any atom is -0.324 e. The Labute approximate surface area is 76.1 Å². The van der Waals surface area contributed by atoms with Gasteiger partial charge in [-0.2, -0.15) is 0 Å². The van der Waals surface area contributed by atoms with Gasteiger partial charge in [0.05, 0.1) is 0 Å². The van der Waals surface area contributed by atoms with Gasteiger partial charge >= 0.3 is 0 Å². The van der Waals surface area contributed by atoms with Crippen LogP contribution in [0.25, 0.3) is 0 Å². The predicted octanol–water partition coefficient (Wildman–Crippen LogP) is 1.46. The highest BCUT2D eigenvalue weighted by Crippen LogP contribution is 2.17. The Balaban J connectivity index is 2.26. The molecule has 1 aliphatic rings. The Morgan fingerprint density at radius 2 is 1.83 bits per heavy atom. The predicted molar refractivity (Wildman–Crippen MR) is 53.1 cm³/mol. The summed E-state index contributed by atoms with van der Waals surface area (Å²) in [7, 11) is 0. The molecule has 1 aliphatic heterocycles. The summed E-state index contributed by atoms with van der Waals surface area (Å²) in [5, 5.41) is 0. The number of hydrogen-bond acceptors (Lipinski definition) is 2. The number of piperidine rings is 1. The van der Waals surface area contributed by atoms with Crippen molar-refractivity contribution in [1.82, 2.24) is 4.90 Å². The Morgan fingerprint density at radius 1 is 1.33 bits per heavy atom. The molecule has 0 spiro atoms. The monoisotopic (exact) mass is 170 g/mol. The maximum absolute atomic E-state index is 5.96. The van der Waals surface area contributed by atoms with Gasteiger partial charge in [-0.1, -0.05) is 6.92 Å². The van der Waals surface area contributed by atoms with E-state index in [-0.39, 0.29) is 5.54 Å². The minimum atomic E-state index is -0.0272. The molecule has 1 rings (SSSR count). The van der Waals surface area contributed by atoms with E-state index in [2.05, 4.69) is 25.7 Å². The number of nitrogens with zero attached hydrogens (tertiary/aromatic N) is 1. The van der Waals surface area contributed by atoms with Crippen LogP contribution in [0.15, 0.2) is 0 Å². The van der Waals surface area contributed by atoms with Crippen molar-refractivity contribution in [2.45, 2.75) is 39.2 Å². The van der Waals surface area contributed by atoms with Crippen molar-refractivity contribution in [2.24, 2.45) is 11.7 Å². The summed E-state index contributed by atoms with van der Waals surface area (Å²) >= 11 is 0. The smallest absolute Gasteiger partial charge is 0.0226 e. The first-order valence-electron chi connectivity index (χ1n) is 4.98. The summed E-state index contributed by atoms with van der Waals surface area (Å²) < 4.78 is 0. The first-order valence-corrected chi connectivity index (χ1v) is 4.98. The molecule has 12 heavy (non-hydrogen) atoms. The van der Waals surface area contributed by atoms with Gasteiger partial charge in [0, 0.05) is 12.1 Å². The average Bonchev–Trinajstić information content (AvgIpc) is 1.91. The first kappa shape index (κ1) is 10.0. The van der Waals surface area contributed by atoms with E-state index in [1.807, 2.05) is 0 Å². The van der Waals surface area contributed by atoms with E-state index in [0.717, 1.165) is 12.5 Å². The van der Waals surface area contributed by atoms with Gasteiger partial charge in [-0.15, -0.1) is 0 Å². The molecule has 0 unspecified atom stereocenters. The van der Waals surface area contributed by atoms with Crippen LogP contribution in [0.4, 0.5) is 0 Å². The summed E-state index contributed by atoms with van der Waals surface area (Å²) in [5.41, 5.74) is 5.93. The summed E-state index contributed by atoms with van der Waals surface area (Å²) in [6.07, 6.45) is 2.69. The SMILES string of the molecule is CC1CCN(CC(C)(C)N)CC1. The topological polar surface area (TPSA) is 29.3 Å². The van der Waals surface area contributed by atoms with Gasteiger partial charge in [-0.3, -0.25) is 0 Å². The van der Waals surface area contributed by atoms with Gasteiger partial charge in [-0.05, 0) is 45.7 Å². The lowest BCUT2D eigenvalue weighted by Gasteiger charge is -2.34. The van der Waals surface area contributed by atoms with Crippen molar-refractivity contribution < 1.29 is 0 Å². The second-order valence-electron chi connectivity index (χ2n) is 4.95. The van der Waals surface area contributed by atoms with Gasteiger partial charge in [0.15, 0.2) is 0 Å². The number of hydrogen-bond donors (Lipinski definition) is 1. The second-order valence-corrected chi connectivity index (χ2v) is 4.95. The van der Waals surface area contributed by atoms with Crippen molar-refractivity contribution in [3.8, 4) is 0 Å². The molecular weight excluding hydrogens is 148 g/mol. The third kappa shape index (κ3) is 3.55. The van der Waals surface area contributed by atoms with E-state index >= 15 is 0 Å². The molecule has 0 aromatic heterocycles. The van der Waals surface area contributed by atoms with Crippen LogP contribution in [-0.4, -0.2) is 30.1 Å². The van der Waals surface area contributed by atoms with Crippen molar-refractivity contribution in [1.29, 1.82) is 0 Å². The standard InChI is InChI=1S/C10H22N2/c1-9-4-6-12(7-5-9)8-10(2,3)11/h9H,4-8,11H2,1-3H3. The van der Waals surface area contributed by atoms with Gasteiger partial charge < -0.3 is 10.6 Å². The highest BCUT2D eigenvalue weighted by molar-refractivity contribution is 4.79. The molecule has 0 amide bonds. The Bertz CT molecular complexity index is 129. The maximum Gasteiger partial charge on any atom is 0.0226 e. The molecule has 2 nitrogen and oxygen atoms in total. The third-order valence-electron chi connectivity index (χ3n) is 2.51. The highest BCUT2D eigenvalue weighted by Gasteiger charge is 2.20. The molecule has 0 aliphatic carbocycles. The number of rotatable bonds is 2. The number of nitrogens with two attached hydrogens (primary N) is 1. The molecule has 1 heterocycles. The van der Waals surface area contributed by atoms with E-state index in [1.54, 1.807) is 0 Å². The fourth-order valence-electron chi connectivity index (χ4n) is 1.80. The highest BCUT2D eigenvalue weighted by atomic mass is 15.1. The van der Waals surface area contributed by atoms with Crippen LogP contribution < -0.4 is 5.73 Å². The zero-order chi connectivity index (χ0) is 9.19. The maximum atomic E-state index is 5.96. The number of likely N-dealkylation sites (tertiary alicyclic amines) is 1. The van der Waals surface area contributed by atoms with E-state index < -0.39 is 0 Å². The first-order chi connectivity index (χ1) is 5.47. The van der Waals surface area contributed by atoms with E-state index in [0.29, 0.717) is 0 Å². The Kier molecular flexibility index (Phi) is 3.13. The largest absolute Gasteiger partial charge is 0.324 e. The molecular formula is C10H22N2. The molecule has 72 valence electrons. The summed E-state index contributed by atoms with van der Waals surface area (Å²) in [6, 6.07) is 0. The second kappa shape index (κ2) is 3.75. The zero-order valence-corrected chi connectivity index (χ0v) is 8.64. The van der Waals surface area contributed by atoms with E-state index in [9.17, 15) is 0 Å². The molecule has 0 aromatic rings. The molecule has 0 aromatic carbocycles.